The molecule has 1 heterocycles. The van der Waals surface area contributed by atoms with E-state index in [1.54, 1.807) is 25.1 Å². The highest BCUT2D eigenvalue weighted by Crippen LogP contribution is 2.23. The summed E-state index contributed by atoms with van der Waals surface area (Å²) in [5, 5.41) is 0. The topological polar surface area (TPSA) is 84.9 Å². The van der Waals surface area contributed by atoms with Crippen LogP contribution < -0.4 is 14.4 Å². The van der Waals surface area contributed by atoms with Crippen LogP contribution in [0, 0.1) is 6.92 Å². The van der Waals surface area contributed by atoms with Gasteiger partial charge in [0.05, 0.1) is 18.6 Å². The van der Waals surface area contributed by atoms with Gasteiger partial charge in [-0.3, -0.25) is 4.90 Å². The summed E-state index contributed by atoms with van der Waals surface area (Å²) in [6, 6.07) is 13.7. The Morgan fingerprint density at radius 3 is 2.62 bits per heavy atom. The van der Waals surface area contributed by atoms with E-state index in [1.807, 2.05) is 18.2 Å². The average Bonchev–Trinajstić information content (AvgIpc) is 3.01. The molecule has 2 aromatic rings. The van der Waals surface area contributed by atoms with Crippen LogP contribution in [-0.2, 0) is 14.8 Å². The second-order valence-electron chi connectivity index (χ2n) is 5.94. The Kier molecular flexibility index (Phi) is 5.15. The first kappa shape index (κ1) is 18.2. The van der Waals surface area contributed by atoms with Crippen LogP contribution in [0.5, 0.6) is 5.75 Å². The third kappa shape index (κ3) is 3.81. The molecule has 26 heavy (non-hydrogen) atoms. The molecule has 1 unspecified atom stereocenters. The Hall–Kier alpha value is -2.58. The largest absolute Gasteiger partial charge is 0.496 e. The molecular weight excluding hydrogens is 356 g/mol. The van der Waals surface area contributed by atoms with Gasteiger partial charge in [0.15, 0.2) is 0 Å². The number of rotatable bonds is 6. The fourth-order valence-electron chi connectivity index (χ4n) is 2.75. The van der Waals surface area contributed by atoms with Gasteiger partial charge in [-0.2, -0.15) is 0 Å². The fraction of sp³-hybridized carbons (Fsp3) is 0.278. The van der Waals surface area contributed by atoms with Gasteiger partial charge < -0.3 is 9.47 Å². The highest BCUT2D eigenvalue weighted by atomic mass is 32.2. The number of nitrogens with zero attached hydrogens (tertiary/aromatic N) is 1. The summed E-state index contributed by atoms with van der Waals surface area (Å²) in [6.07, 6.45) is -1.04. The first-order valence-electron chi connectivity index (χ1n) is 8.08. The molecule has 1 amide bonds. The molecule has 0 aliphatic carbocycles. The van der Waals surface area contributed by atoms with E-state index >= 15 is 0 Å². The van der Waals surface area contributed by atoms with Crippen molar-refractivity contribution in [2.75, 3.05) is 25.1 Å². The van der Waals surface area contributed by atoms with Crippen LogP contribution in [0.1, 0.15) is 5.56 Å². The molecule has 0 radical (unpaired) electrons. The molecule has 1 atom stereocenters. The van der Waals surface area contributed by atoms with Crippen molar-refractivity contribution in [3.63, 3.8) is 0 Å². The number of ether oxygens (including phenoxy) is 2. The molecule has 1 saturated heterocycles. The standard InChI is InChI=1S/C18H20N2O5S/c1-13-10-16(8-9-17(13)24-2)26(22,23)19-11-15-12-20(18(21)25-15)14-6-4-3-5-7-14/h3-10,15,19H,11-12H2,1-2H3. The van der Waals surface area contributed by atoms with Gasteiger partial charge in [-0.25, -0.2) is 17.9 Å². The molecule has 0 aromatic heterocycles. The van der Waals surface area contributed by atoms with Crippen molar-refractivity contribution in [3.8, 4) is 5.75 Å². The number of anilines is 1. The summed E-state index contributed by atoms with van der Waals surface area (Å²) < 4.78 is 37.8. The van der Waals surface area contributed by atoms with Crippen molar-refractivity contribution in [1.82, 2.24) is 4.72 Å². The zero-order chi connectivity index (χ0) is 18.7. The minimum Gasteiger partial charge on any atom is -0.496 e. The molecule has 1 N–H and O–H groups in total. The van der Waals surface area contributed by atoms with Crippen LogP contribution in [0.15, 0.2) is 53.4 Å². The van der Waals surface area contributed by atoms with E-state index in [0.29, 0.717) is 11.4 Å². The van der Waals surface area contributed by atoms with Gasteiger partial charge in [0, 0.05) is 12.2 Å². The molecule has 8 heteroatoms. The zero-order valence-corrected chi connectivity index (χ0v) is 15.3. The number of amides is 1. The van der Waals surface area contributed by atoms with Crippen LogP contribution >= 0.6 is 0 Å². The third-order valence-corrected chi connectivity index (χ3v) is 5.54. The van der Waals surface area contributed by atoms with E-state index < -0.39 is 22.2 Å². The van der Waals surface area contributed by atoms with Gasteiger partial charge >= 0.3 is 6.09 Å². The van der Waals surface area contributed by atoms with E-state index in [1.165, 1.54) is 24.1 Å². The summed E-state index contributed by atoms with van der Waals surface area (Å²) in [5.41, 5.74) is 1.44. The Bertz CT molecular complexity index is 899. The number of aryl methyl sites for hydroxylation is 1. The van der Waals surface area contributed by atoms with Crippen LogP contribution in [0.4, 0.5) is 10.5 Å². The number of para-hydroxylation sites is 1. The van der Waals surface area contributed by atoms with Crippen molar-refractivity contribution in [1.29, 1.82) is 0 Å². The lowest BCUT2D eigenvalue weighted by atomic mass is 10.2. The average molecular weight is 376 g/mol. The van der Waals surface area contributed by atoms with Crippen LogP contribution in [0.3, 0.4) is 0 Å². The maximum absolute atomic E-state index is 12.5. The van der Waals surface area contributed by atoms with Crippen molar-refractivity contribution in [2.45, 2.75) is 17.9 Å². The van der Waals surface area contributed by atoms with E-state index in [9.17, 15) is 13.2 Å². The molecule has 138 valence electrons. The number of sulfonamides is 1. The van der Waals surface area contributed by atoms with Crippen LogP contribution in [0.25, 0.3) is 0 Å². The Labute approximate surface area is 152 Å². The summed E-state index contributed by atoms with van der Waals surface area (Å²) in [4.78, 5) is 13.6. The van der Waals surface area contributed by atoms with Gasteiger partial charge in [0.25, 0.3) is 0 Å². The second kappa shape index (κ2) is 7.35. The van der Waals surface area contributed by atoms with Crippen molar-refractivity contribution in [2.24, 2.45) is 0 Å². The molecule has 1 fully saturated rings. The Morgan fingerprint density at radius 2 is 1.96 bits per heavy atom. The van der Waals surface area contributed by atoms with Crippen LogP contribution in [0.2, 0.25) is 0 Å². The number of hydrogen-bond acceptors (Lipinski definition) is 5. The van der Waals surface area contributed by atoms with Gasteiger partial charge in [0.2, 0.25) is 10.0 Å². The summed E-state index contributed by atoms with van der Waals surface area (Å²) in [5.74, 6) is 0.618. The molecule has 1 aliphatic rings. The second-order valence-corrected chi connectivity index (χ2v) is 7.70. The number of carbonyl (C=O) groups is 1. The van der Waals surface area contributed by atoms with E-state index in [4.69, 9.17) is 9.47 Å². The lowest BCUT2D eigenvalue weighted by Gasteiger charge is -2.13. The van der Waals surface area contributed by atoms with Crippen LogP contribution in [-0.4, -0.2) is 40.8 Å². The first-order chi connectivity index (χ1) is 12.4. The molecular formula is C18H20N2O5S. The Balaban J connectivity index is 1.65. The fourth-order valence-corrected chi connectivity index (χ4v) is 3.90. The predicted octanol–water partition coefficient (Wildman–Crippen LogP) is 2.31. The SMILES string of the molecule is COc1ccc(S(=O)(=O)NCC2CN(c3ccccc3)C(=O)O2)cc1C. The van der Waals surface area contributed by atoms with Gasteiger partial charge in [0.1, 0.15) is 11.9 Å². The summed E-state index contributed by atoms with van der Waals surface area (Å²) >= 11 is 0. The minimum absolute atomic E-state index is 0.00246. The molecule has 0 spiro atoms. The maximum Gasteiger partial charge on any atom is 0.414 e. The normalized spacial score (nSPS) is 17.2. The lowest BCUT2D eigenvalue weighted by Crippen LogP contribution is -2.34. The molecule has 2 aromatic carbocycles. The summed E-state index contributed by atoms with van der Waals surface area (Å²) in [7, 11) is -2.18. The van der Waals surface area contributed by atoms with Gasteiger partial charge in [-0.15, -0.1) is 0 Å². The number of carbonyl (C=O) groups excluding carboxylic acids is 1. The monoisotopic (exact) mass is 376 g/mol. The molecule has 3 rings (SSSR count). The van der Waals surface area contributed by atoms with Crippen molar-refractivity contribution < 1.29 is 22.7 Å². The van der Waals surface area contributed by atoms with E-state index in [-0.39, 0.29) is 18.0 Å². The first-order valence-corrected chi connectivity index (χ1v) is 9.56. The van der Waals surface area contributed by atoms with Gasteiger partial charge in [-0.1, -0.05) is 18.2 Å². The third-order valence-electron chi connectivity index (χ3n) is 4.12. The molecule has 0 bridgehead atoms. The lowest BCUT2D eigenvalue weighted by molar-refractivity contribution is 0.143. The smallest absolute Gasteiger partial charge is 0.414 e. The van der Waals surface area contributed by atoms with E-state index in [2.05, 4.69) is 4.72 Å². The van der Waals surface area contributed by atoms with Gasteiger partial charge in [-0.05, 0) is 42.8 Å². The van der Waals surface area contributed by atoms with Crippen molar-refractivity contribution >= 4 is 21.8 Å². The number of nitrogens with one attached hydrogen (secondary N) is 1. The van der Waals surface area contributed by atoms with Crippen molar-refractivity contribution in [3.05, 3.63) is 54.1 Å². The quantitative estimate of drug-likeness (QED) is 0.836. The van der Waals surface area contributed by atoms with E-state index in [0.717, 1.165) is 5.56 Å². The number of benzene rings is 2. The number of methoxy groups -OCH3 is 1. The highest BCUT2D eigenvalue weighted by Gasteiger charge is 2.33. The Morgan fingerprint density at radius 1 is 1.23 bits per heavy atom. The molecule has 7 nitrogen and oxygen atoms in total. The maximum atomic E-state index is 12.5. The number of hydrogen-bond donors (Lipinski definition) is 1. The minimum atomic E-state index is -3.71. The zero-order valence-electron chi connectivity index (χ0n) is 14.5. The highest BCUT2D eigenvalue weighted by molar-refractivity contribution is 7.89. The molecule has 0 saturated carbocycles. The summed E-state index contributed by atoms with van der Waals surface area (Å²) in [6.45, 7) is 2.06. The molecule has 1 aliphatic heterocycles. The number of cyclic esters (lactones) is 1. The predicted molar refractivity (Wildman–Crippen MR) is 97.0 cm³/mol.